The minimum Gasteiger partial charge on any atom is -0.489 e. The van der Waals surface area contributed by atoms with Crippen LogP contribution in [0.1, 0.15) is 41.3 Å². The third-order valence-corrected chi connectivity index (χ3v) is 5.76. The van der Waals surface area contributed by atoms with E-state index in [4.69, 9.17) is 9.47 Å². The lowest BCUT2D eigenvalue weighted by molar-refractivity contribution is -0.151. The molecule has 2 amide bonds. The fraction of sp³-hybridized carbons (Fsp3) is 0.423. The summed E-state index contributed by atoms with van der Waals surface area (Å²) in [6.07, 6.45) is 1.17. The molecule has 33 heavy (non-hydrogen) atoms. The minimum absolute atomic E-state index is 0.0166. The molecule has 1 heterocycles. The van der Waals surface area contributed by atoms with E-state index in [9.17, 15) is 14.4 Å². The van der Waals surface area contributed by atoms with Gasteiger partial charge in [-0.2, -0.15) is 0 Å². The number of esters is 1. The Bertz CT molecular complexity index is 982. The number of hydrogen-bond donors (Lipinski definition) is 0. The molecule has 0 atom stereocenters. The third kappa shape index (κ3) is 6.81. The van der Waals surface area contributed by atoms with E-state index >= 15 is 0 Å². The third-order valence-electron chi connectivity index (χ3n) is 5.76. The van der Waals surface area contributed by atoms with Gasteiger partial charge in [-0.15, -0.1) is 0 Å². The molecular formula is C26H32N2O5. The summed E-state index contributed by atoms with van der Waals surface area (Å²) in [4.78, 5) is 40.6. The number of hydrogen-bond acceptors (Lipinski definition) is 5. The van der Waals surface area contributed by atoms with Crippen molar-refractivity contribution >= 4 is 17.8 Å². The molecule has 1 saturated heterocycles. The molecule has 0 spiro atoms. The number of likely N-dealkylation sites (N-methyl/N-ethyl adjacent to an activating group) is 1. The zero-order chi connectivity index (χ0) is 23.8. The van der Waals surface area contributed by atoms with Crippen LogP contribution in [-0.4, -0.2) is 60.9 Å². The molecule has 3 rings (SSSR count). The van der Waals surface area contributed by atoms with Crippen molar-refractivity contribution < 1.29 is 23.9 Å². The summed E-state index contributed by atoms with van der Waals surface area (Å²) in [7, 11) is 1.62. The number of ether oxygens (including phenoxy) is 2. The Morgan fingerprint density at radius 2 is 1.79 bits per heavy atom. The van der Waals surface area contributed by atoms with Crippen LogP contribution in [0.25, 0.3) is 0 Å². The van der Waals surface area contributed by atoms with Gasteiger partial charge in [-0.3, -0.25) is 14.4 Å². The van der Waals surface area contributed by atoms with Crippen molar-refractivity contribution in [3.8, 4) is 5.75 Å². The van der Waals surface area contributed by atoms with Gasteiger partial charge >= 0.3 is 5.97 Å². The Balaban J connectivity index is 1.52. The summed E-state index contributed by atoms with van der Waals surface area (Å²) in [5, 5.41) is 0. The van der Waals surface area contributed by atoms with Gasteiger partial charge in [-0.25, -0.2) is 0 Å². The van der Waals surface area contributed by atoms with Gasteiger partial charge in [0, 0.05) is 25.7 Å². The van der Waals surface area contributed by atoms with Crippen molar-refractivity contribution in [1.29, 1.82) is 0 Å². The lowest BCUT2D eigenvalue weighted by Gasteiger charge is -2.32. The molecule has 0 bridgehead atoms. The zero-order valence-corrected chi connectivity index (χ0v) is 19.6. The van der Waals surface area contributed by atoms with E-state index < -0.39 is 0 Å². The van der Waals surface area contributed by atoms with E-state index in [0.717, 1.165) is 11.1 Å². The first kappa shape index (κ1) is 24.3. The quantitative estimate of drug-likeness (QED) is 0.574. The number of amides is 2. The average molecular weight is 453 g/mol. The van der Waals surface area contributed by atoms with Crippen molar-refractivity contribution in [2.45, 2.75) is 33.3 Å². The van der Waals surface area contributed by atoms with E-state index in [1.54, 1.807) is 37.1 Å². The van der Waals surface area contributed by atoms with Crippen LogP contribution in [0.3, 0.4) is 0 Å². The molecule has 0 aromatic heterocycles. The summed E-state index contributed by atoms with van der Waals surface area (Å²) >= 11 is 0. The maximum absolute atomic E-state index is 12.9. The van der Waals surface area contributed by atoms with Crippen LogP contribution in [0.5, 0.6) is 5.75 Å². The molecule has 0 radical (unpaired) electrons. The number of piperidine rings is 1. The van der Waals surface area contributed by atoms with Crippen LogP contribution < -0.4 is 4.74 Å². The van der Waals surface area contributed by atoms with Crippen molar-refractivity contribution in [2.75, 3.05) is 33.3 Å². The second-order valence-corrected chi connectivity index (χ2v) is 8.37. The van der Waals surface area contributed by atoms with Crippen molar-refractivity contribution in [3.05, 3.63) is 65.2 Å². The number of likely N-dealkylation sites (tertiary alicyclic amines) is 1. The van der Waals surface area contributed by atoms with Gasteiger partial charge in [0.1, 0.15) is 12.4 Å². The molecule has 7 nitrogen and oxygen atoms in total. The zero-order valence-electron chi connectivity index (χ0n) is 19.6. The monoisotopic (exact) mass is 452 g/mol. The molecule has 1 fully saturated rings. The second-order valence-electron chi connectivity index (χ2n) is 8.37. The molecule has 1 aliphatic heterocycles. The number of benzene rings is 2. The molecule has 1 aliphatic rings. The standard InChI is InChI=1S/C26H32N2O5/c1-4-32-26(31)21-11-13-28(14-12-21)24(29)17-27(3)25(30)22-9-6-10-23(16-22)33-18-20-8-5-7-19(2)15-20/h5-10,15-16,21H,4,11-14,17-18H2,1-3H3. The molecule has 176 valence electrons. The fourth-order valence-corrected chi connectivity index (χ4v) is 3.91. The second kappa shape index (κ2) is 11.5. The topological polar surface area (TPSA) is 76.2 Å². The Labute approximate surface area is 195 Å². The lowest BCUT2D eigenvalue weighted by atomic mass is 9.97. The van der Waals surface area contributed by atoms with Crippen LogP contribution >= 0.6 is 0 Å². The Kier molecular flexibility index (Phi) is 8.46. The number of rotatable bonds is 8. The molecule has 0 unspecified atom stereocenters. The predicted octanol–water partition coefficient (Wildman–Crippen LogP) is 3.45. The fourth-order valence-electron chi connectivity index (χ4n) is 3.91. The van der Waals surface area contributed by atoms with Gasteiger partial charge in [0.15, 0.2) is 0 Å². The predicted molar refractivity (Wildman–Crippen MR) is 125 cm³/mol. The molecule has 0 aliphatic carbocycles. The SMILES string of the molecule is CCOC(=O)C1CCN(C(=O)CN(C)C(=O)c2cccc(OCc3cccc(C)c3)c2)CC1. The molecule has 2 aromatic rings. The van der Waals surface area contributed by atoms with Gasteiger partial charge < -0.3 is 19.3 Å². The van der Waals surface area contributed by atoms with E-state index in [-0.39, 0.29) is 30.2 Å². The molecule has 0 N–H and O–H groups in total. The molecule has 0 saturated carbocycles. The molecular weight excluding hydrogens is 420 g/mol. The van der Waals surface area contributed by atoms with Gasteiger partial charge in [-0.1, -0.05) is 35.9 Å². The number of carbonyl (C=O) groups is 3. The largest absolute Gasteiger partial charge is 0.489 e. The highest BCUT2D eigenvalue weighted by Gasteiger charge is 2.29. The number of aryl methyl sites for hydroxylation is 1. The van der Waals surface area contributed by atoms with E-state index in [0.29, 0.717) is 50.5 Å². The summed E-state index contributed by atoms with van der Waals surface area (Å²) in [6, 6.07) is 15.1. The summed E-state index contributed by atoms with van der Waals surface area (Å²) < 4.78 is 10.9. The van der Waals surface area contributed by atoms with Crippen LogP contribution in [0, 0.1) is 12.8 Å². The first-order valence-electron chi connectivity index (χ1n) is 11.4. The lowest BCUT2D eigenvalue weighted by Crippen LogP contribution is -2.45. The molecule has 2 aromatic carbocycles. The minimum atomic E-state index is -0.245. The highest BCUT2D eigenvalue weighted by molar-refractivity contribution is 5.96. The van der Waals surface area contributed by atoms with Gasteiger partial charge in [0.2, 0.25) is 5.91 Å². The van der Waals surface area contributed by atoms with E-state index in [1.165, 1.54) is 4.90 Å². The summed E-state index contributed by atoms with van der Waals surface area (Å²) in [5.41, 5.74) is 2.69. The van der Waals surface area contributed by atoms with Crippen molar-refractivity contribution in [3.63, 3.8) is 0 Å². The number of carbonyl (C=O) groups excluding carboxylic acids is 3. The van der Waals surface area contributed by atoms with E-state index in [1.807, 2.05) is 31.2 Å². The summed E-state index contributed by atoms with van der Waals surface area (Å²) in [5.74, 6) is -0.119. The Hall–Kier alpha value is -3.35. The van der Waals surface area contributed by atoms with E-state index in [2.05, 4.69) is 6.07 Å². The normalized spacial score (nSPS) is 14.0. The Morgan fingerprint density at radius 1 is 1.06 bits per heavy atom. The first-order valence-corrected chi connectivity index (χ1v) is 11.4. The Morgan fingerprint density at radius 3 is 2.48 bits per heavy atom. The highest BCUT2D eigenvalue weighted by atomic mass is 16.5. The highest BCUT2D eigenvalue weighted by Crippen LogP contribution is 2.20. The van der Waals surface area contributed by atoms with Crippen molar-refractivity contribution in [1.82, 2.24) is 9.80 Å². The van der Waals surface area contributed by atoms with Crippen LogP contribution in [0.2, 0.25) is 0 Å². The molecule has 7 heteroatoms. The summed E-state index contributed by atoms with van der Waals surface area (Å²) in [6.45, 7) is 5.56. The average Bonchev–Trinajstić information content (AvgIpc) is 2.82. The maximum atomic E-state index is 12.9. The first-order chi connectivity index (χ1) is 15.9. The van der Waals surface area contributed by atoms with Crippen LogP contribution in [-0.2, 0) is 20.9 Å². The van der Waals surface area contributed by atoms with Crippen molar-refractivity contribution in [2.24, 2.45) is 5.92 Å². The van der Waals surface area contributed by atoms with Gasteiger partial charge in [0.25, 0.3) is 5.91 Å². The maximum Gasteiger partial charge on any atom is 0.309 e. The smallest absolute Gasteiger partial charge is 0.309 e. The van der Waals surface area contributed by atoms with Gasteiger partial charge in [-0.05, 0) is 50.5 Å². The number of nitrogens with zero attached hydrogens (tertiary/aromatic N) is 2. The van der Waals surface area contributed by atoms with Gasteiger partial charge in [0.05, 0.1) is 19.1 Å². The van der Waals surface area contributed by atoms with Crippen LogP contribution in [0.4, 0.5) is 0 Å². The van der Waals surface area contributed by atoms with Crippen LogP contribution in [0.15, 0.2) is 48.5 Å².